The molecule has 1 amide bonds. The number of carbonyl (C=O) groups excluding carboxylic acids is 1. The average molecular weight is 256 g/mol. The largest absolute Gasteiger partial charge is 0.352 e. The Morgan fingerprint density at radius 1 is 1.44 bits per heavy atom. The van der Waals surface area contributed by atoms with Gasteiger partial charge >= 0.3 is 5.69 Å². The van der Waals surface area contributed by atoms with Gasteiger partial charge in [0.1, 0.15) is 5.82 Å². The zero-order valence-corrected chi connectivity index (χ0v) is 9.28. The Morgan fingerprint density at radius 2 is 2.11 bits per heavy atom. The van der Waals surface area contributed by atoms with Crippen molar-refractivity contribution in [1.82, 2.24) is 5.32 Å². The summed E-state index contributed by atoms with van der Waals surface area (Å²) in [6.07, 6.45) is 2.02. The number of amides is 1. The highest BCUT2D eigenvalue weighted by Crippen LogP contribution is 2.21. The lowest BCUT2D eigenvalue weighted by Gasteiger charge is -2.05. The van der Waals surface area contributed by atoms with Crippen LogP contribution in [0.2, 0.25) is 0 Å². The van der Waals surface area contributed by atoms with E-state index in [0.29, 0.717) is 18.6 Å². The molecule has 0 unspecified atom stereocenters. The minimum absolute atomic E-state index is 0.223. The van der Waals surface area contributed by atoms with Crippen molar-refractivity contribution in [3.63, 3.8) is 0 Å². The molecule has 0 aliphatic carbocycles. The predicted octanol–water partition coefficient (Wildman–Crippen LogP) is 2.18. The monoisotopic (exact) mass is 256 g/mol. The summed E-state index contributed by atoms with van der Waals surface area (Å²) >= 11 is 0. The van der Waals surface area contributed by atoms with Crippen molar-refractivity contribution < 1.29 is 18.5 Å². The fourth-order valence-electron chi connectivity index (χ4n) is 1.23. The smallest absolute Gasteiger partial charge is 0.307 e. The van der Waals surface area contributed by atoms with Crippen LogP contribution in [0.3, 0.4) is 0 Å². The lowest BCUT2D eigenvalue weighted by molar-refractivity contribution is -0.387. The van der Waals surface area contributed by atoms with E-state index in [1.54, 1.807) is 6.08 Å². The molecule has 0 fully saturated rings. The molecule has 0 spiro atoms. The molecule has 0 saturated carbocycles. The van der Waals surface area contributed by atoms with Crippen LogP contribution in [0.5, 0.6) is 0 Å². The van der Waals surface area contributed by atoms with E-state index < -0.39 is 33.7 Å². The zero-order chi connectivity index (χ0) is 13.7. The minimum Gasteiger partial charge on any atom is -0.352 e. The maximum Gasteiger partial charge on any atom is 0.307 e. The average Bonchev–Trinajstić information content (AvgIpc) is 2.31. The fraction of sp³-hybridized carbons (Fsp3) is 0.182. The number of carbonyl (C=O) groups is 1. The van der Waals surface area contributed by atoms with E-state index in [-0.39, 0.29) is 6.54 Å². The molecule has 7 heteroatoms. The molecule has 18 heavy (non-hydrogen) atoms. The quantitative estimate of drug-likeness (QED) is 0.380. The molecule has 1 rings (SSSR count). The van der Waals surface area contributed by atoms with Crippen molar-refractivity contribution in [2.45, 2.75) is 6.42 Å². The van der Waals surface area contributed by atoms with Gasteiger partial charge in [0.25, 0.3) is 5.91 Å². The van der Waals surface area contributed by atoms with Crippen molar-refractivity contribution in [1.29, 1.82) is 0 Å². The maximum absolute atomic E-state index is 13.4. The summed E-state index contributed by atoms with van der Waals surface area (Å²) in [6, 6.07) is 0.897. The Hall–Kier alpha value is -2.31. The van der Waals surface area contributed by atoms with Crippen molar-refractivity contribution in [2.24, 2.45) is 0 Å². The fourth-order valence-corrected chi connectivity index (χ4v) is 1.23. The molecule has 0 aromatic heterocycles. The molecule has 0 aliphatic rings. The summed E-state index contributed by atoms with van der Waals surface area (Å²) in [5.74, 6) is -3.22. The second-order valence-electron chi connectivity index (χ2n) is 3.37. The first-order valence-electron chi connectivity index (χ1n) is 5.00. The zero-order valence-electron chi connectivity index (χ0n) is 9.28. The van der Waals surface area contributed by atoms with E-state index >= 15 is 0 Å². The molecule has 0 aliphatic heterocycles. The molecule has 0 heterocycles. The van der Waals surface area contributed by atoms with Gasteiger partial charge in [-0.25, -0.2) is 4.39 Å². The first-order chi connectivity index (χ1) is 8.47. The van der Waals surface area contributed by atoms with Crippen LogP contribution in [0.25, 0.3) is 0 Å². The van der Waals surface area contributed by atoms with E-state index in [4.69, 9.17) is 0 Å². The molecule has 0 radical (unpaired) electrons. The third kappa shape index (κ3) is 3.09. The lowest BCUT2D eigenvalue weighted by atomic mass is 10.1. The van der Waals surface area contributed by atoms with E-state index in [1.165, 1.54) is 0 Å². The van der Waals surface area contributed by atoms with Crippen LogP contribution in [-0.2, 0) is 0 Å². The molecule has 0 saturated heterocycles. The van der Waals surface area contributed by atoms with E-state index in [2.05, 4.69) is 11.9 Å². The molecule has 0 atom stereocenters. The van der Waals surface area contributed by atoms with Crippen LogP contribution in [0, 0.1) is 21.7 Å². The van der Waals surface area contributed by atoms with Gasteiger partial charge in [-0.15, -0.1) is 6.58 Å². The molecule has 5 nitrogen and oxygen atoms in total. The van der Waals surface area contributed by atoms with Crippen molar-refractivity contribution in [3.05, 3.63) is 52.1 Å². The SMILES string of the molecule is C=CCCNC(=O)c1cc(F)c([N+](=O)[O-])cc1F. The molecular formula is C11H10F2N2O3. The van der Waals surface area contributed by atoms with Gasteiger partial charge in [-0.05, 0) is 12.5 Å². The van der Waals surface area contributed by atoms with Crippen LogP contribution in [0.15, 0.2) is 24.8 Å². The number of nitrogens with zero attached hydrogens (tertiary/aromatic N) is 1. The Balaban J connectivity index is 2.97. The normalized spacial score (nSPS) is 9.89. The van der Waals surface area contributed by atoms with Crippen LogP contribution in [-0.4, -0.2) is 17.4 Å². The predicted molar refractivity (Wildman–Crippen MR) is 60.2 cm³/mol. The highest BCUT2D eigenvalue weighted by atomic mass is 19.1. The van der Waals surface area contributed by atoms with Gasteiger partial charge in [-0.2, -0.15) is 4.39 Å². The first-order valence-corrected chi connectivity index (χ1v) is 5.00. The first kappa shape index (κ1) is 13.8. The Bertz CT molecular complexity index is 503. The number of benzene rings is 1. The Morgan fingerprint density at radius 3 is 2.67 bits per heavy atom. The van der Waals surface area contributed by atoms with Crippen molar-refractivity contribution >= 4 is 11.6 Å². The van der Waals surface area contributed by atoms with E-state index in [0.717, 1.165) is 0 Å². The topological polar surface area (TPSA) is 72.2 Å². The van der Waals surface area contributed by atoms with Gasteiger partial charge in [0.05, 0.1) is 16.6 Å². The number of hydrogen-bond acceptors (Lipinski definition) is 3. The van der Waals surface area contributed by atoms with Crippen LogP contribution in [0.4, 0.5) is 14.5 Å². The van der Waals surface area contributed by atoms with Gasteiger partial charge in [0, 0.05) is 6.54 Å². The highest BCUT2D eigenvalue weighted by Gasteiger charge is 2.21. The molecule has 96 valence electrons. The molecule has 1 N–H and O–H groups in total. The number of rotatable bonds is 5. The Kier molecular flexibility index (Phi) is 4.47. The summed E-state index contributed by atoms with van der Waals surface area (Å²) in [4.78, 5) is 20.7. The number of hydrogen-bond donors (Lipinski definition) is 1. The van der Waals surface area contributed by atoms with Crippen LogP contribution < -0.4 is 5.32 Å². The third-order valence-corrected chi connectivity index (χ3v) is 2.11. The molecule has 1 aromatic carbocycles. The van der Waals surface area contributed by atoms with E-state index in [9.17, 15) is 23.7 Å². The minimum atomic E-state index is -1.25. The van der Waals surface area contributed by atoms with Gasteiger partial charge in [0.15, 0.2) is 0 Å². The Labute approximate surface area is 101 Å². The molecular weight excluding hydrogens is 246 g/mol. The van der Waals surface area contributed by atoms with E-state index in [1.807, 2.05) is 0 Å². The second-order valence-corrected chi connectivity index (χ2v) is 3.37. The molecule has 0 bridgehead atoms. The van der Waals surface area contributed by atoms with Crippen LogP contribution in [0.1, 0.15) is 16.8 Å². The number of nitro benzene ring substituents is 1. The summed E-state index contributed by atoms with van der Waals surface area (Å²) in [7, 11) is 0. The van der Waals surface area contributed by atoms with Gasteiger partial charge in [0.2, 0.25) is 5.82 Å². The summed E-state index contributed by atoms with van der Waals surface area (Å²) in [6.45, 7) is 3.66. The second kappa shape index (κ2) is 5.85. The summed E-state index contributed by atoms with van der Waals surface area (Å²) < 4.78 is 26.6. The number of nitro groups is 1. The van der Waals surface area contributed by atoms with Gasteiger partial charge < -0.3 is 5.32 Å². The summed E-state index contributed by atoms with van der Waals surface area (Å²) in [5.41, 5.74) is -1.57. The standard InChI is InChI=1S/C11H10F2N2O3/c1-2-3-4-14-11(16)7-5-9(13)10(15(17)18)6-8(7)12/h2,5-6H,1,3-4H2,(H,14,16). The van der Waals surface area contributed by atoms with Gasteiger partial charge in [-0.3, -0.25) is 14.9 Å². The third-order valence-electron chi connectivity index (χ3n) is 2.11. The van der Waals surface area contributed by atoms with Crippen LogP contribution >= 0.6 is 0 Å². The number of halogens is 2. The maximum atomic E-state index is 13.4. The van der Waals surface area contributed by atoms with Gasteiger partial charge in [-0.1, -0.05) is 6.08 Å². The van der Waals surface area contributed by atoms with Crippen molar-refractivity contribution in [2.75, 3.05) is 6.54 Å². The molecule has 1 aromatic rings. The lowest BCUT2D eigenvalue weighted by Crippen LogP contribution is -2.25. The number of nitrogens with one attached hydrogen (secondary N) is 1. The summed E-state index contributed by atoms with van der Waals surface area (Å²) in [5, 5.41) is 12.7. The van der Waals surface area contributed by atoms with Crippen molar-refractivity contribution in [3.8, 4) is 0 Å². The highest BCUT2D eigenvalue weighted by molar-refractivity contribution is 5.94.